The molecular weight excluding hydrogens is 676 g/mol. The molecular formula is C50H31N2OP. The summed E-state index contributed by atoms with van der Waals surface area (Å²) in [5.41, 5.74) is 1.95. The van der Waals surface area contributed by atoms with Crippen molar-refractivity contribution in [2.75, 3.05) is 0 Å². The van der Waals surface area contributed by atoms with Crippen LogP contribution in [0, 0.1) is 0 Å². The second-order valence-electron chi connectivity index (χ2n) is 14.0. The number of rotatable bonds is 3. The van der Waals surface area contributed by atoms with Gasteiger partial charge >= 0.3 is 0 Å². The van der Waals surface area contributed by atoms with Crippen LogP contribution in [0.2, 0.25) is 0 Å². The van der Waals surface area contributed by atoms with Crippen LogP contribution in [-0.2, 0) is 4.57 Å². The van der Waals surface area contributed by atoms with Crippen LogP contribution in [0.4, 0.5) is 0 Å². The second kappa shape index (κ2) is 11.9. The Kier molecular flexibility index (Phi) is 6.83. The normalized spacial score (nSPS) is 12.1. The molecule has 0 amide bonds. The molecule has 3 nitrogen and oxygen atoms in total. The summed E-state index contributed by atoms with van der Waals surface area (Å²) in [5.74, 6) is 0. The monoisotopic (exact) mass is 706 g/mol. The van der Waals surface area contributed by atoms with Crippen molar-refractivity contribution >= 4 is 109 Å². The van der Waals surface area contributed by atoms with Crippen molar-refractivity contribution in [2.45, 2.75) is 0 Å². The zero-order valence-electron chi connectivity index (χ0n) is 29.1. The molecule has 0 aliphatic carbocycles. The van der Waals surface area contributed by atoms with Gasteiger partial charge in [-0.15, -0.1) is 0 Å². The number of hydrogen-bond donors (Lipinski definition) is 0. The van der Waals surface area contributed by atoms with E-state index in [4.69, 9.17) is 0 Å². The summed E-state index contributed by atoms with van der Waals surface area (Å²) in [6.45, 7) is 0. The number of nitrogens with zero attached hydrogens (tertiary/aromatic N) is 2. The van der Waals surface area contributed by atoms with Crippen molar-refractivity contribution in [1.82, 2.24) is 9.97 Å². The third-order valence-corrected chi connectivity index (χ3v) is 14.3. The average molecular weight is 707 g/mol. The summed E-state index contributed by atoms with van der Waals surface area (Å²) >= 11 is 0. The molecule has 10 aromatic carbocycles. The highest BCUT2D eigenvalue weighted by Gasteiger charge is 2.34. The number of benzene rings is 10. The predicted octanol–water partition coefficient (Wildman–Crippen LogP) is 11.9. The van der Waals surface area contributed by atoms with E-state index in [2.05, 4.69) is 143 Å². The molecule has 0 N–H and O–H groups in total. The summed E-state index contributed by atoms with van der Waals surface area (Å²) in [4.78, 5) is 8.69. The third-order valence-electron chi connectivity index (χ3n) is 11.2. The van der Waals surface area contributed by atoms with E-state index < -0.39 is 7.14 Å². The van der Waals surface area contributed by atoms with Crippen LogP contribution >= 0.6 is 7.14 Å². The molecule has 0 saturated heterocycles. The van der Waals surface area contributed by atoms with Gasteiger partial charge in [0.05, 0.1) is 11.0 Å². The van der Waals surface area contributed by atoms with Gasteiger partial charge in [-0.25, -0.2) is 0 Å². The molecule has 12 aromatic rings. The number of pyridine rings is 2. The summed E-state index contributed by atoms with van der Waals surface area (Å²) in [7, 11) is -3.29. The van der Waals surface area contributed by atoms with Crippen LogP contribution in [-0.4, -0.2) is 9.97 Å². The smallest absolute Gasteiger partial charge is 0.172 e. The molecule has 0 bridgehead atoms. The predicted molar refractivity (Wildman–Crippen MR) is 230 cm³/mol. The van der Waals surface area contributed by atoms with Crippen molar-refractivity contribution in [3.63, 3.8) is 0 Å². The molecule has 4 heteroatoms. The maximum absolute atomic E-state index is 16.1. The minimum Gasteiger partial charge on any atom is -0.309 e. The summed E-state index contributed by atoms with van der Waals surface area (Å²) in [6.07, 6.45) is 3.60. The van der Waals surface area contributed by atoms with Crippen LogP contribution in [0.15, 0.2) is 188 Å². The fourth-order valence-corrected chi connectivity index (χ4v) is 11.7. The summed E-state index contributed by atoms with van der Waals surface area (Å²) in [6, 6.07) is 61.2. The quantitative estimate of drug-likeness (QED) is 0.136. The first-order valence-electron chi connectivity index (χ1n) is 18.3. The van der Waals surface area contributed by atoms with Gasteiger partial charge in [0.1, 0.15) is 0 Å². The van der Waals surface area contributed by atoms with E-state index in [1.54, 1.807) is 12.4 Å². The minimum absolute atomic E-state index is 0.861. The van der Waals surface area contributed by atoms with Gasteiger partial charge in [0.15, 0.2) is 7.14 Å². The van der Waals surface area contributed by atoms with E-state index in [1.165, 1.54) is 53.9 Å². The number of aromatic nitrogens is 2. The molecule has 12 rings (SSSR count). The van der Waals surface area contributed by atoms with Gasteiger partial charge in [-0.1, -0.05) is 152 Å². The zero-order chi connectivity index (χ0) is 35.8. The van der Waals surface area contributed by atoms with Gasteiger partial charge in [-0.3, -0.25) is 9.97 Å². The van der Waals surface area contributed by atoms with Gasteiger partial charge in [0, 0.05) is 39.1 Å². The molecule has 0 saturated carbocycles. The van der Waals surface area contributed by atoms with Crippen LogP contribution < -0.4 is 15.9 Å². The molecule has 252 valence electrons. The fraction of sp³-hybridized carbons (Fsp3) is 0. The Morgan fingerprint density at radius 1 is 0.315 bits per heavy atom. The van der Waals surface area contributed by atoms with Gasteiger partial charge < -0.3 is 4.57 Å². The molecule has 0 aliphatic rings. The first kappa shape index (κ1) is 30.9. The largest absolute Gasteiger partial charge is 0.309 e. The van der Waals surface area contributed by atoms with Gasteiger partial charge in [-0.05, 0) is 88.9 Å². The van der Waals surface area contributed by atoms with Gasteiger partial charge in [0.2, 0.25) is 0 Å². The fourth-order valence-electron chi connectivity index (χ4n) is 8.71. The molecule has 0 atom stereocenters. The maximum Gasteiger partial charge on any atom is 0.172 e. The Labute approximate surface area is 311 Å². The number of hydrogen-bond acceptors (Lipinski definition) is 3. The minimum atomic E-state index is -3.29. The van der Waals surface area contributed by atoms with E-state index >= 15 is 4.57 Å². The summed E-state index contributed by atoms with van der Waals surface area (Å²) < 4.78 is 16.1. The Bertz CT molecular complexity index is 3190. The van der Waals surface area contributed by atoms with Gasteiger partial charge in [-0.2, -0.15) is 0 Å². The van der Waals surface area contributed by atoms with E-state index in [-0.39, 0.29) is 0 Å². The Hall–Kier alpha value is -6.67. The van der Waals surface area contributed by atoms with Crippen molar-refractivity contribution in [3.05, 3.63) is 188 Å². The van der Waals surface area contributed by atoms with Crippen molar-refractivity contribution < 1.29 is 4.57 Å². The molecule has 0 fully saturated rings. The SMILES string of the molecule is O=P(c1ccccc1)(c1ccc2ccc3cccc4ccc1c2c34)c1ccc2ccc3cccc4ccc1c2c34.c1cnc2c(c1)ccc1cccnc12. The molecule has 2 aromatic heterocycles. The standard InChI is InChI=1S/C38H23OP.C12H8N2/c39-40(30-10-2-1-3-11-30,33-22-18-28-14-12-24-6-4-8-26-16-20-31(33)37(28)35(24)26)34-23-19-29-15-13-25-7-5-9-27-17-21-32(34)38(29)36(25)27;1-3-9-5-6-10-4-2-8-14-12(10)11(9)13-7-1/h1-23H;1-8H. The lowest BCUT2D eigenvalue weighted by Gasteiger charge is -2.25. The van der Waals surface area contributed by atoms with Crippen molar-refractivity contribution in [3.8, 4) is 0 Å². The average Bonchev–Trinajstić information content (AvgIpc) is 3.25. The first-order chi connectivity index (χ1) is 26.7. The second-order valence-corrected chi connectivity index (χ2v) is 16.7. The molecule has 0 unspecified atom stereocenters. The summed E-state index contributed by atoms with van der Waals surface area (Å²) in [5, 5.41) is 19.2. The Balaban J connectivity index is 0.000000204. The highest BCUT2D eigenvalue weighted by molar-refractivity contribution is 7.86. The molecule has 0 spiro atoms. The van der Waals surface area contributed by atoms with Gasteiger partial charge in [0.25, 0.3) is 0 Å². The highest BCUT2D eigenvalue weighted by atomic mass is 31.2. The van der Waals surface area contributed by atoms with E-state index in [9.17, 15) is 0 Å². The van der Waals surface area contributed by atoms with Crippen molar-refractivity contribution in [1.29, 1.82) is 0 Å². The number of fused-ring (bicyclic) bond motifs is 3. The van der Waals surface area contributed by atoms with Crippen LogP contribution in [0.25, 0.3) is 86.4 Å². The highest BCUT2D eigenvalue weighted by Crippen LogP contribution is 2.49. The lowest BCUT2D eigenvalue weighted by atomic mass is 9.94. The molecule has 2 heterocycles. The Morgan fingerprint density at radius 2 is 0.685 bits per heavy atom. The zero-order valence-corrected chi connectivity index (χ0v) is 30.0. The lowest BCUT2D eigenvalue weighted by Crippen LogP contribution is -2.26. The first-order valence-corrected chi connectivity index (χ1v) is 20.0. The van der Waals surface area contributed by atoms with Crippen LogP contribution in [0.5, 0.6) is 0 Å². The van der Waals surface area contributed by atoms with E-state index in [0.717, 1.165) is 48.5 Å². The third kappa shape index (κ3) is 4.52. The molecule has 0 radical (unpaired) electrons. The lowest BCUT2D eigenvalue weighted by molar-refractivity contribution is 0.593. The maximum atomic E-state index is 16.1. The van der Waals surface area contributed by atoms with Crippen LogP contribution in [0.1, 0.15) is 0 Å². The topological polar surface area (TPSA) is 42.9 Å². The van der Waals surface area contributed by atoms with E-state index in [0.29, 0.717) is 0 Å². The molecule has 54 heavy (non-hydrogen) atoms. The van der Waals surface area contributed by atoms with Crippen LogP contribution in [0.3, 0.4) is 0 Å². The van der Waals surface area contributed by atoms with Crippen molar-refractivity contribution in [2.24, 2.45) is 0 Å². The Morgan fingerprint density at radius 3 is 1.15 bits per heavy atom. The molecule has 0 aliphatic heterocycles. The van der Waals surface area contributed by atoms with E-state index in [1.807, 2.05) is 42.5 Å².